The van der Waals surface area contributed by atoms with Crippen LogP contribution in [0.15, 0.2) is 24.5 Å². The van der Waals surface area contributed by atoms with Crippen molar-refractivity contribution < 1.29 is 4.39 Å². The van der Waals surface area contributed by atoms with Crippen molar-refractivity contribution in [2.45, 2.75) is 32.2 Å². The van der Waals surface area contributed by atoms with Crippen LogP contribution in [-0.2, 0) is 6.42 Å². The van der Waals surface area contributed by atoms with Crippen LogP contribution in [0, 0.1) is 12.4 Å². The molecule has 1 aromatic carbocycles. The maximum Gasteiger partial charge on any atom is 0.224 e. The van der Waals surface area contributed by atoms with Crippen LogP contribution in [0.4, 0.5) is 16.0 Å². The lowest BCUT2D eigenvalue weighted by Gasteiger charge is -2.24. The summed E-state index contributed by atoms with van der Waals surface area (Å²) < 4.78 is 14.5. The second-order valence-corrected chi connectivity index (χ2v) is 6.74. The molecule has 3 N–H and O–H groups in total. The quantitative estimate of drug-likeness (QED) is 0.611. The highest BCUT2D eigenvalue weighted by atomic mass is 19.1. The Bertz CT molecular complexity index is 1010. The van der Waals surface area contributed by atoms with Crippen molar-refractivity contribution in [3.63, 3.8) is 0 Å². The van der Waals surface area contributed by atoms with E-state index in [9.17, 15) is 4.39 Å². The van der Waals surface area contributed by atoms with Crippen LogP contribution in [0.25, 0.3) is 27.0 Å². The van der Waals surface area contributed by atoms with E-state index in [0.29, 0.717) is 17.5 Å². The number of H-pyrrole nitrogens is 1. The number of aromatic nitrogens is 3. The smallest absolute Gasteiger partial charge is 0.224 e. The van der Waals surface area contributed by atoms with E-state index in [2.05, 4.69) is 25.4 Å². The number of aryl methyl sites for hydroxylation is 1. The lowest BCUT2D eigenvalue weighted by molar-refractivity contribution is 0.478. The van der Waals surface area contributed by atoms with E-state index in [4.69, 9.17) is 11.6 Å². The molecule has 0 radical (unpaired) electrons. The molecule has 27 heavy (non-hydrogen) atoms. The Labute approximate surface area is 157 Å². The summed E-state index contributed by atoms with van der Waals surface area (Å²) in [6, 6.07) is 3.60. The van der Waals surface area contributed by atoms with Crippen LogP contribution < -0.4 is 10.6 Å². The number of hydrogen-bond acceptors (Lipinski definition) is 4. The Balaban J connectivity index is 1.76. The average Bonchev–Trinajstić information content (AvgIpc) is 3.14. The zero-order valence-corrected chi connectivity index (χ0v) is 15.1. The van der Waals surface area contributed by atoms with Gasteiger partial charge in [-0.05, 0) is 31.4 Å². The molecule has 4 rings (SSSR count). The summed E-state index contributed by atoms with van der Waals surface area (Å²) in [5, 5.41) is 7.50. The van der Waals surface area contributed by atoms with Gasteiger partial charge in [0.1, 0.15) is 0 Å². The number of aromatic amines is 1. The molecule has 138 valence electrons. The number of fused-ring (bicyclic) bond motifs is 1. The molecule has 0 bridgehead atoms. The minimum atomic E-state index is -0.521. The van der Waals surface area contributed by atoms with Crippen LogP contribution in [0.1, 0.15) is 25.3 Å². The van der Waals surface area contributed by atoms with E-state index in [1.54, 1.807) is 12.3 Å². The number of piperidine rings is 1. The summed E-state index contributed by atoms with van der Waals surface area (Å²) in [5.74, 6) is 0.0657. The summed E-state index contributed by atoms with van der Waals surface area (Å²) in [6.07, 6.45) is 6.58. The predicted molar refractivity (Wildman–Crippen MR) is 104 cm³/mol. The molecule has 7 heteroatoms. The highest BCUT2D eigenvalue weighted by Crippen LogP contribution is 2.34. The predicted octanol–water partition coefficient (Wildman–Crippen LogP) is 4.04. The van der Waals surface area contributed by atoms with Crippen molar-refractivity contribution in [3.8, 4) is 11.3 Å². The minimum Gasteiger partial charge on any atom is -0.359 e. The standard InChI is InChI=1S/C20H21FN6/c1-3-12-9-25-20(26-13-5-4-8-23-10-13)27-18(12)15-11-24-19-14(15)6-7-16(22-2)17(19)21/h6-7,9,11,13,23-24H,3-5,8,10H2,1H3,(H,25,26,27)/t13-/m0/s1. The minimum absolute atomic E-state index is 0.0152. The first kappa shape index (κ1) is 17.4. The van der Waals surface area contributed by atoms with E-state index in [-0.39, 0.29) is 5.69 Å². The maximum atomic E-state index is 14.5. The summed E-state index contributed by atoms with van der Waals surface area (Å²) >= 11 is 0. The summed E-state index contributed by atoms with van der Waals surface area (Å²) in [6.45, 7) is 11.1. The van der Waals surface area contributed by atoms with E-state index in [0.717, 1.165) is 54.6 Å². The highest BCUT2D eigenvalue weighted by Gasteiger charge is 2.18. The molecule has 1 saturated heterocycles. The normalized spacial score (nSPS) is 17.0. The zero-order chi connectivity index (χ0) is 18.8. The monoisotopic (exact) mass is 364 g/mol. The topological polar surface area (TPSA) is 70.0 Å². The Hall–Kier alpha value is -2.98. The molecule has 1 atom stereocenters. The Morgan fingerprint density at radius 1 is 1.41 bits per heavy atom. The van der Waals surface area contributed by atoms with Crippen molar-refractivity contribution in [2.24, 2.45) is 0 Å². The Morgan fingerprint density at radius 2 is 2.30 bits per heavy atom. The first-order valence-corrected chi connectivity index (χ1v) is 9.21. The molecule has 0 aliphatic carbocycles. The third kappa shape index (κ3) is 3.24. The largest absolute Gasteiger partial charge is 0.359 e. The number of nitrogens with zero attached hydrogens (tertiary/aromatic N) is 3. The van der Waals surface area contributed by atoms with Gasteiger partial charge in [0.15, 0.2) is 5.82 Å². The van der Waals surface area contributed by atoms with Crippen LogP contribution >= 0.6 is 0 Å². The molecule has 1 aliphatic rings. The van der Waals surface area contributed by atoms with Crippen molar-refractivity contribution >= 4 is 22.5 Å². The van der Waals surface area contributed by atoms with Gasteiger partial charge in [0.05, 0.1) is 17.8 Å². The highest BCUT2D eigenvalue weighted by molar-refractivity contribution is 5.97. The fourth-order valence-electron chi connectivity index (χ4n) is 3.56. The maximum absolute atomic E-state index is 14.5. The van der Waals surface area contributed by atoms with Crippen molar-refractivity contribution in [1.82, 2.24) is 20.3 Å². The molecule has 3 heterocycles. The Morgan fingerprint density at radius 3 is 3.04 bits per heavy atom. The number of halogens is 1. The van der Waals surface area contributed by atoms with E-state index >= 15 is 0 Å². The average molecular weight is 364 g/mol. The van der Waals surface area contributed by atoms with Crippen LogP contribution in [0.3, 0.4) is 0 Å². The SMILES string of the molecule is [C-]#[N+]c1ccc2c(-c3nc(N[C@H]4CCCNC4)ncc3CC)c[nH]c2c1F. The first-order chi connectivity index (χ1) is 13.2. The summed E-state index contributed by atoms with van der Waals surface area (Å²) in [5.41, 5.74) is 2.97. The van der Waals surface area contributed by atoms with Gasteiger partial charge in [-0.15, -0.1) is 0 Å². The fraction of sp³-hybridized carbons (Fsp3) is 0.350. The van der Waals surface area contributed by atoms with Gasteiger partial charge in [0.25, 0.3) is 0 Å². The van der Waals surface area contributed by atoms with Gasteiger partial charge >= 0.3 is 0 Å². The molecule has 1 aliphatic heterocycles. The molecule has 0 unspecified atom stereocenters. The van der Waals surface area contributed by atoms with E-state index < -0.39 is 5.82 Å². The number of hydrogen-bond donors (Lipinski definition) is 3. The van der Waals surface area contributed by atoms with E-state index in [1.165, 1.54) is 6.07 Å². The van der Waals surface area contributed by atoms with Gasteiger partial charge in [-0.25, -0.2) is 19.2 Å². The molecular formula is C20H21FN6. The zero-order valence-electron chi connectivity index (χ0n) is 15.1. The molecule has 3 aromatic rings. The number of nitrogens with one attached hydrogen (secondary N) is 3. The second kappa shape index (κ2) is 7.33. The van der Waals surface area contributed by atoms with Crippen molar-refractivity contribution in [1.29, 1.82) is 0 Å². The fourth-order valence-corrected chi connectivity index (χ4v) is 3.56. The van der Waals surface area contributed by atoms with Gasteiger partial charge in [0.2, 0.25) is 11.6 Å². The number of rotatable bonds is 4. The third-order valence-electron chi connectivity index (χ3n) is 5.02. The number of benzene rings is 1. The summed E-state index contributed by atoms with van der Waals surface area (Å²) in [4.78, 5) is 15.4. The molecule has 0 spiro atoms. The second-order valence-electron chi connectivity index (χ2n) is 6.74. The molecule has 0 amide bonds. The molecule has 6 nitrogen and oxygen atoms in total. The van der Waals surface area contributed by atoms with E-state index in [1.807, 2.05) is 13.1 Å². The molecule has 0 saturated carbocycles. The van der Waals surface area contributed by atoms with Crippen LogP contribution in [0.2, 0.25) is 0 Å². The lowest BCUT2D eigenvalue weighted by Crippen LogP contribution is -2.38. The van der Waals surface area contributed by atoms with Crippen LogP contribution in [0.5, 0.6) is 0 Å². The van der Waals surface area contributed by atoms with Gasteiger partial charge < -0.3 is 15.6 Å². The first-order valence-electron chi connectivity index (χ1n) is 9.21. The molecule has 2 aromatic heterocycles. The van der Waals surface area contributed by atoms with Gasteiger partial charge in [0, 0.05) is 35.9 Å². The third-order valence-corrected chi connectivity index (χ3v) is 5.02. The van der Waals surface area contributed by atoms with Crippen molar-refractivity contribution in [3.05, 3.63) is 47.3 Å². The summed E-state index contributed by atoms with van der Waals surface area (Å²) in [7, 11) is 0. The Kier molecular flexibility index (Phi) is 4.73. The van der Waals surface area contributed by atoms with Gasteiger partial charge in [-0.3, -0.25) is 0 Å². The van der Waals surface area contributed by atoms with Gasteiger partial charge in [-0.1, -0.05) is 19.1 Å². The number of anilines is 1. The van der Waals surface area contributed by atoms with Gasteiger partial charge in [-0.2, -0.15) is 0 Å². The molecule has 1 fully saturated rings. The van der Waals surface area contributed by atoms with Crippen LogP contribution in [-0.4, -0.2) is 34.1 Å². The molecular weight excluding hydrogens is 343 g/mol. The van der Waals surface area contributed by atoms with Crippen molar-refractivity contribution in [2.75, 3.05) is 18.4 Å². The lowest BCUT2D eigenvalue weighted by atomic mass is 10.0.